The fourth-order valence-corrected chi connectivity index (χ4v) is 3.84. The molecule has 7 heteroatoms. The number of carbonyl (C=O) groups is 2. The maximum Gasteiger partial charge on any atom is 0.282 e. The van der Waals surface area contributed by atoms with Crippen molar-refractivity contribution >= 4 is 33.4 Å². The zero-order chi connectivity index (χ0) is 16.2. The highest BCUT2D eigenvalue weighted by Gasteiger charge is 2.50. The average molecular weight is 316 g/mol. The third-order valence-electron chi connectivity index (χ3n) is 4.05. The van der Waals surface area contributed by atoms with Crippen LogP contribution in [0.2, 0.25) is 0 Å². The van der Waals surface area contributed by atoms with Gasteiger partial charge in [-0.3, -0.25) is 9.59 Å². The number of rotatable bonds is 1. The van der Waals surface area contributed by atoms with Crippen molar-refractivity contribution in [1.29, 1.82) is 0 Å². The summed E-state index contributed by atoms with van der Waals surface area (Å²) in [5.41, 5.74) is -0.117. The van der Waals surface area contributed by atoms with Crippen molar-refractivity contribution in [1.82, 2.24) is 20.5 Å². The van der Waals surface area contributed by atoms with Gasteiger partial charge in [-0.1, -0.05) is 18.7 Å². The standard InChI is InChI=1S/C15H14N4O2S/c1-9-16-14(21)15(18-9)6-7-19(8-15)13(20)12-17-10-4-2-3-5-11(10)22-12/h2-5,18H,1,6-8H2,(H,16,21)/i5T. The lowest BCUT2D eigenvalue weighted by atomic mass is 9.99. The van der Waals surface area contributed by atoms with E-state index >= 15 is 0 Å². The summed E-state index contributed by atoms with van der Waals surface area (Å²) in [4.78, 5) is 30.7. The third-order valence-corrected chi connectivity index (χ3v) is 5.04. The zero-order valence-corrected chi connectivity index (χ0v) is 12.5. The molecule has 3 heterocycles. The van der Waals surface area contributed by atoms with E-state index < -0.39 is 5.54 Å². The summed E-state index contributed by atoms with van der Waals surface area (Å²) in [5.74, 6) is 0.133. The molecular formula is C15H14N4O2S. The van der Waals surface area contributed by atoms with E-state index in [-0.39, 0.29) is 11.8 Å². The Hall–Kier alpha value is -2.41. The first kappa shape index (κ1) is 12.2. The van der Waals surface area contributed by atoms with Crippen LogP contribution in [0.3, 0.4) is 0 Å². The Kier molecular flexibility index (Phi) is 2.51. The molecule has 0 saturated carbocycles. The number of aromatic nitrogens is 1. The number of carbonyl (C=O) groups excluding carboxylic acids is 2. The van der Waals surface area contributed by atoms with Crippen molar-refractivity contribution in [3.8, 4) is 0 Å². The minimum Gasteiger partial charge on any atom is -0.356 e. The van der Waals surface area contributed by atoms with Crippen molar-refractivity contribution in [2.75, 3.05) is 13.1 Å². The largest absolute Gasteiger partial charge is 0.356 e. The van der Waals surface area contributed by atoms with Gasteiger partial charge in [-0.2, -0.15) is 0 Å². The number of likely N-dealkylation sites (tertiary alicyclic amines) is 1. The minimum atomic E-state index is -0.774. The Bertz CT molecular complexity index is 864. The summed E-state index contributed by atoms with van der Waals surface area (Å²) in [5, 5.41) is 6.07. The number of para-hydroxylation sites is 1. The SMILES string of the molecule is [3H]c1cccc2nc(C(=O)N3CCC4(C3)NC(=C)NC4=O)sc12. The first-order valence-corrected chi connectivity index (χ1v) is 7.74. The molecule has 4 rings (SSSR count). The highest BCUT2D eigenvalue weighted by atomic mass is 32.1. The van der Waals surface area contributed by atoms with E-state index in [2.05, 4.69) is 22.2 Å². The van der Waals surface area contributed by atoms with Gasteiger partial charge in [-0.05, 0) is 18.5 Å². The van der Waals surface area contributed by atoms with Crippen LogP contribution in [0, 0.1) is 0 Å². The van der Waals surface area contributed by atoms with Gasteiger partial charge in [0.2, 0.25) is 0 Å². The van der Waals surface area contributed by atoms with Crippen LogP contribution in [0.15, 0.2) is 36.6 Å². The number of benzene rings is 1. The number of nitrogens with zero attached hydrogens (tertiary/aromatic N) is 2. The summed E-state index contributed by atoms with van der Waals surface area (Å²) >= 11 is 1.22. The lowest BCUT2D eigenvalue weighted by Gasteiger charge is -2.21. The van der Waals surface area contributed by atoms with Gasteiger partial charge in [0.15, 0.2) is 5.01 Å². The summed E-state index contributed by atoms with van der Waals surface area (Å²) < 4.78 is 8.58. The second-order valence-electron chi connectivity index (χ2n) is 5.52. The molecule has 6 nitrogen and oxygen atoms in total. The molecule has 1 spiro atoms. The molecule has 0 radical (unpaired) electrons. The van der Waals surface area contributed by atoms with Crippen LogP contribution in [0.25, 0.3) is 10.2 Å². The van der Waals surface area contributed by atoms with Crippen LogP contribution < -0.4 is 10.6 Å². The smallest absolute Gasteiger partial charge is 0.282 e. The van der Waals surface area contributed by atoms with Crippen LogP contribution in [0.1, 0.15) is 17.6 Å². The lowest BCUT2D eigenvalue weighted by Crippen LogP contribution is -2.49. The van der Waals surface area contributed by atoms with Gasteiger partial charge >= 0.3 is 0 Å². The topological polar surface area (TPSA) is 74.3 Å². The van der Waals surface area contributed by atoms with E-state index in [1.165, 1.54) is 11.3 Å². The Morgan fingerprint density at radius 2 is 2.41 bits per heavy atom. The van der Waals surface area contributed by atoms with Gasteiger partial charge in [0.25, 0.3) is 11.8 Å². The lowest BCUT2D eigenvalue weighted by molar-refractivity contribution is -0.123. The molecule has 112 valence electrons. The van der Waals surface area contributed by atoms with Gasteiger partial charge < -0.3 is 15.5 Å². The van der Waals surface area contributed by atoms with Gasteiger partial charge in [-0.15, -0.1) is 11.3 Å². The first-order valence-electron chi connectivity index (χ1n) is 7.42. The number of nitrogens with one attached hydrogen (secondary N) is 2. The van der Waals surface area contributed by atoms with E-state index in [9.17, 15) is 9.59 Å². The van der Waals surface area contributed by atoms with Crippen molar-refractivity contribution in [3.63, 3.8) is 0 Å². The molecule has 1 aromatic heterocycles. The van der Waals surface area contributed by atoms with E-state index in [0.717, 1.165) is 0 Å². The molecule has 22 heavy (non-hydrogen) atoms. The molecule has 2 saturated heterocycles. The molecule has 2 aliphatic heterocycles. The molecule has 0 bridgehead atoms. The third kappa shape index (κ3) is 1.89. The normalized spacial score (nSPS) is 24.7. The zero-order valence-electron chi connectivity index (χ0n) is 12.7. The summed E-state index contributed by atoms with van der Waals surface area (Å²) in [6.45, 7) is 4.49. The highest BCUT2D eigenvalue weighted by Crippen LogP contribution is 2.29. The van der Waals surface area contributed by atoms with Crippen LogP contribution >= 0.6 is 11.3 Å². The second-order valence-corrected chi connectivity index (χ2v) is 6.52. The predicted molar refractivity (Wildman–Crippen MR) is 83.3 cm³/mol. The molecule has 1 aromatic carbocycles. The molecule has 0 aliphatic carbocycles. The number of hydrogen-bond donors (Lipinski definition) is 2. The maximum absolute atomic E-state index is 12.7. The van der Waals surface area contributed by atoms with Crippen LogP contribution in [-0.2, 0) is 4.79 Å². The van der Waals surface area contributed by atoms with Crippen LogP contribution in [0.4, 0.5) is 0 Å². The summed E-state index contributed by atoms with van der Waals surface area (Å²) in [6.07, 6.45) is 0.540. The Morgan fingerprint density at radius 1 is 1.55 bits per heavy atom. The number of thiazole rings is 1. The summed E-state index contributed by atoms with van der Waals surface area (Å²) in [6, 6.07) is 5.59. The molecule has 2 fully saturated rings. The van der Waals surface area contributed by atoms with Crippen LogP contribution in [-0.4, -0.2) is 40.3 Å². The Labute approximate surface area is 132 Å². The Balaban J connectivity index is 1.61. The second kappa shape index (κ2) is 4.54. The molecule has 2 aliphatic rings. The number of amides is 2. The van der Waals surface area contributed by atoms with Gasteiger partial charge in [0.05, 0.1) is 24.0 Å². The van der Waals surface area contributed by atoms with Crippen molar-refractivity contribution in [2.24, 2.45) is 0 Å². The maximum atomic E-state index is 12.7. The van der Waals surface area contributed by atoms with E-state index in [0.29, 0.717) is 46.6 Å². The number of hydrogen-bond acceptors (Lipinski definition) is 5. The Morgan fingerprint density at radius 3 is 3.14 bits per heavy atom. The first-order chi connectivity index (χ1) is 11.0. The van der Waals surface area contributed by atoms with Crippen molar-refractivity contribution < 1.29 is 11.0 Å². The molecule has 2 aromatic rings. The average Bonchev–Trinajstić information content (AvgIpc) is 3.18. The fraction of sp³-hybridized carbons (Fsp3) is 0.267. The van der Waals surface area contributed by atoms with E-state index in [1.54, 1.807) is 23.1 Å². The molecular weight excluding hydrogens is 300 g/mol. The van der Waals surface area contributed by atoms with E-state index in [1.807, 2.05) is 0 Å². The molecule has 2 amide bonds. The van der Waals surface area contributed by atoms with Crippen molar-refractivity contribution in [3.05, 3.63) is 41.6 Å². The number of fused-ring (bicyclic) bond motifs is 1. The quantitative estimate of drug-likeness (QED) is 0.825. The van der Waals surface area contributed by atoms with Crippen molar-refractivity contribution in [2.45, 2.75) is 12.0 Å². The van der Waals surface area contributed by atoms with E-state index in [4.69, 9.17) is 1.37 Å². The minimum absolute atomic E-state index is 0.143. The fourth-order valence-electron chi connectivity index (χ4n) is 2.94. The van der Waals surface area contributed by atoms with Gasteiger partial charge in [-0.25, -0.2) is 4.98 Å². The van der Waals surface area contributed by atoms with Gasteiger partial charge in [0.1, 0.15) is 5.54 Å². The molecule has 1 unspecified atom stereocenters. The molecule has 2 N–H and O–H groups in total. The van der Waals surface area contributed by atoms with Gasteiger partial charge in [0, 0.05) is 6.54 Å². The monoisotopic (exact) mass is 316 g/mol. The highest BCUT2D eigenvalue weighted by molar-refractivity contribution is 7.20. The predicted octanol–water partition coefficient (Wildman–Crippen LogP) is 1.07. The molecule has 1 atom stereocenters. The van der Waals surface area contributed by atoms with Crippen LogP contribution in [0.5, 0.6) is 0 Å². The summed E-state index contributed by atoms with van der Waals surface area (Å²) in [7, 11) is 0.